The lowest BCUT2D eigenvalue weighted by molar-refractivity contribution is 0.165. The van der Waals surface area contributed by atoms with Gasteiger partial charge in [-0.1, -0.05) is 13.8 Å². The number of benzene rings is 1. The number of nitrogens with one attached hydrogen (secondary N) is 2. The van der Waals surface area contributed by atoms with Crippen molar-refractivity contribution in [2.45, 2.75) is 33.1 Å². The third kappa shape index (κ3) is 4.71. The largest absolute Gasteiger partial charge is 0.396 e. The zero-order chi connectivity index (χ0) is 16.6. The Labute approximate surface area is 130 Å². The van der Waals surface area contributed by atoms with Crippen LogP contribution in [0.25, 0.3) is 0 Å². The predicted octanol–water partition coefficient (Wildman–Crippen LogP) is 3.01. The van der Waals surface area contributed by atoms with Crippen molar-refractivity contribution in [3.05, 3.63) is 29.6 Å². The lowest BCUT2D eigenvalue weighted by atomic mass is 9.79. The molecule has 0 bridgehead atoms. The van der Waals surface area contributed by atoms with Crippen LogP contribution in [0.5, 0.6) is 0 Å². The number of nitrogens with zero attached hydrogens (tertiary/aromatic N) is 1. The van der Waals surface area contributed by atoms with Crippen molar-refractivity contribution in [2.24, 2.45) is 5.41 Å². The van der Waals surface area contributed by atoms with E-state index in [1.165, 1.54) is 12.1 Å². The molecule has 0 saturated heterocycles. The topological polar surface area (TPSA) is 85.2 Å². The van der Waals surface area contributed by atoms with E-state index in [-0.39, 0.29) is 17.6 Å². The standard InChI is InChI=1S/C16H22FN3O2/c1-3-16(4-2,7-8-21)11-19-15(22)20-13-5-6-14(17)12(9-13)10-18/h5-6,9,21H,3-4,7-8,11H2,1-2H3,(H2,19,20,22). The Balaban J connectivity index is 2.65. The van der Waals surface area contributed by atoms with Gasteiger partial charge in [0.15, 0.2) is 0 Å². The Kier molecular flexibility index (Phi) is 6.80. The van der Waals surface area contributed by atoms with Gasteiger partial charge >= 0.3 is 6.03 Å². The molecule has 6 heteroatoms. The van der Waals surface area contributed by atoms with Gasteiger partial charge in [0.05, 0.1) is 5.56 Å². The fourth-order valence-corrected chi connectivity index (χ4v) is 2.31. The molecule has 2 amide bonds. The van der Waals surface area contributed by atoms with Gasteiger partial charge in [-0.05, 0) is 42.9 Å². The Morgan fingerprint density at radius 1 is 1.41 bits per heavy atom. The molecule has 1 aromatic carbocycles. The molecule has 0 atom stereocenters. The van der Waals surface area contributed by atoms with E-state index in [9.17, 15) is 9.18 Å². The van der Waals surface area contributed by atoms with E-state index in [4.69, 9.17) is 10.4 Å². The zero-order valence-corrected chi connectivity index (χ0v) is 12.9. The van der Waals surface area contributed by atoms with E-state index in [0.29, 0.717) is 18.7 Å². The summed E-state index contributed by atoms with van der Waals surface area (Å²) in [7, 11) is 0. The minimum atomic E-state index is -0.618. The van der Waals surface area contributed by atoms with Gasteiger partial charge < -0.3 is 15.7 Å². The molecule has 120 valence electrons. The van der Waals surface area contributed by atoms with E-state index in [2.05, 4.69) is 10.6 Å². The number of aliphatic hydroxyl groups excluding tert-OH is 1. The number of aliphatic hydroxyl groups is 1. The first kappa shape index (κ1) is 17.9. The Morgan fingerprint density at radius 2 is 2.09 bits per heavy atom. The molecular formula is C16H22FN3O2. The molecule has 3 N–H and O–H groups in total. The highest BCUT2D eigenvalue weighted by molar-refractivity contribution is 5.89. The van der Waals surface area contributed by atoms with Gasteiger partial charge in [-0.15, -0.1) is 0 Å². The quantitative estimate of drug-likeness (QED) is 0.724. The molecule has 5 nitrogen and oxygen atoms in total. The first-order valence-electron chi connectivity index (χ1n) is 7.35. The molecule has 0 saturated carbocycles. The van der Waals surface area contributed by atoms with Crippen molar-refractivity contribution in [3.63, 3.8) is 0 Å². The van der Waals surface area contributed by atoms with Crippen LogP contribution in [-0.4, -0.2) is 24.3 Å². The minimum absolute atomic E-state index is 0.0778. The second-order valence-corrected chi connectivity index (χ2v) is 5.29. The third-order valence-electron chi connectivity index (χ3n) is 4.11. The number of hydrogen-bond acceptors (Lipinski definition) is 3. The van der Waals surface area contributed by atoms with Crippen LogP contribution >= 0.6 is 0 Å². The van der Waals surface area contributed by atoms with Crippen LogP contribution in [0.4, 0.5) is 14.9 Å². The summed E-state index contributed by atoms with van der Waals surface area (Å²) in [5, 5.41) is 23.3. The van der Waals surface area contributed by atoms with Crippen LogP contribution in [0.1, 0.15) is 38.7 Å². The number of rotatable bonds is 7. The monoisotopic (exact) mass is 307 g/mol. The van der Waals surface area contributed by atoms with Crippen LogP contribution in [0.15, 0.2) is 18.2 Å². The number of anilines is 1. The van der Waals surface area contributed by atoms with Crippen LogP contribution in [-0.2, 0) is 0 Å². The minimum Gasteiger partial charge on any atom is -0.396 e. The van der Waals surface area contributed by atoms with Crippen LogP contribution in [0.3, 0.4) is 0 Å². The predicted molar refractivity (Wildman–Crippen MR) is 82.9 cm³/mol. The van der Waals surface area contributed by atoms with Crippen LogP contribution in [0.2, 0.25) is 0 Å². The molecule has 0 radical (unpaired) electrons. The fourth-order valence-electron chi connectivity index (χ4n) is 2.31. The van der Waals surface area contributed by atoms with Crippen molar-refractivity contribution < 1.29 is 14.3 Å². The summed E-state index contributed by atoms with van der Waals surface area (Å²) >= 11 is 0. The number of nitriles is 1. The molecule has 1 rings (SSSR count). The van der Waals surface area contributed by atoms with E-state index < -0.39 is 11.8 Å². The summed E-state index contributed by atoms with van der Waals surface area (Å²) in [5.41, 5.74) is 0.109. The maximum Gasteiger partial charge on any atom is 0.319 e. The number of carbonyl (C=O) groups is 1. The molecule has 0 heterocycles. The van der Waals surface area contributed by atoms with Gasteiger partial charge in [0.2, 0.25) is 0 Å². The highest BCUT2D eigenvalue weighted by atomic mass is 19.1. The van der Waals surface area contributed by atoms with Crippen molar-refractivity contribution in [2.75, 3.05) is 18.5 Å². The van der Waals surface area contributed by atoms with Crippen molar-refractivity contribution in [1.29, 1.82) is 5.26 Å². The smallest absolute Gasteiger partial charge is 0.319 e. The van der Waals surface area contributed by atoms with E-state index >= 15 is 0 Å². The summed E-state index contributed by atoms with van der Waals surface area (Å²) in [6.45, 7) is 4.57. The first-order valence-corrected chi connectivity index (χ1v) is 7.35. The summed E-state index contributed by atoms with van der Waals surface area (Å²) in [6.07, 6.45) is 2.31. The molecule has 0 aliphatic rings. The van der Waals surface area contributed by atoms with Crippen molar-refractivity contribution >= 4 is 11.7 Å². The number of amides is 2. The molecule has 0 aromatic heterocycles. The van der Waals surface area contributed by atoms with Gasteiger partial charge in [-0.25, -0.2) is 9.18 Å². The molecule has 0 unspecified atom stereocenters. The maximum absolute atomic E-state index is 13.2. The van der Waals surface area contributed by atoms with Crippen molar-refractivity contribution in [1.82, 2.24) is 5.32 Å². The number of halogens is 1. The Bertz CT molecular complexity index is 551. The molecule has 0 fully saturated rings. The molecule has 0 spiro atoms. The zero-order valence-electron chi connectivity index (χ0n) is 12.9. The highest BCUT2D eigenvalue weighted by Crippen LogP contribution is 2.29. The van der Waals surface area contributed by atoms with Gasteiger partial charge in [0, 0.05) is 18.8 Å². The molecule has 22 heavy (non-hydrogen) atoms. The van der Waals surface area contributed by atoms with E-state index in [1.54, 1.807) is 6.07 Å². The van der Waals surface area contributed by atoms with Gasteiger partial charge in [-0.2, -0.15) is 5.26 Å². The average Bonchev–Trinajstić information content (AvgIpc) is 2.53. The van der Waals surface area contributed by atoms with Crippen molar-refractivity contribution in [3.8, 4) is 6.07 Å². The fraction of sp³-hybridized carbons (Fsp3) is 0.500. The average molecular weight is 307 g/mol. The number of urea groups is 1. The summed E-state index contributed by atoms with van der Waals surface area (Å²) < 4.78 is 13.2. The van der Waals surface area contributed by atoms with Crippen LogP contribution in [0, 0.1) is 22.6 Å². The molecular weight excluding hydrogens is 285 g/mol. The van der Waals surface area contributed by atoms with Gasteiger partial charge in [0.25, 0.3) is 0 Å². The second kappa shape index (κ2) is 8.35. The van der Waals surface area contributed by atoms with E-state index in [0.717, 1.165) is 18.9 Å². The molecule has 1 aromatic rings. The third-order valence-corrected chi connectivity index (χ3v) is 4.11. The Hall–Kier alpha value is -2.13. The molecule has 0 aliphatic carbocycles. The lowest BCUT2D eigenvalue weighted by Gasteiger charge is -2.31. The lowest BCUT2D eigenvalue weighted by Crippen LogP contribution is -2.39. The Morgan fingerprint density at radius 3 is 2.64 bits per heavy atom. The van der Waals surface area contributed by atoms with Gasteiger partial charge in [0.1, 0.15) is 11.9 Å². The summed E-state index contributed by atoms with van der Waals surface area (Å²) in [6, 6.07) is 5.14. The maximum atomic E-state index is 13.2. The SMILES string of the molecule is CCC(CC)(CCO)CNC(=O)Nc1ccc(F)c(C#N)c1. The summed E-state index contributed by atoms with van der Waals surface area (Å²) in [5.74, 6) is -0.618. The molecule has 0 aliphatic heterocycles. The second-order valence-electron chi connectivity index (χ2n) is 5.29. The highest BCUT2D eigenvalue weighted by Gasteiger charge is 2.26. The van der Waals surface area contributed by atoms with E-state index in [1.807, 2.05) is 13.8 Å². The van der Waals surface area contributed by atoms with Crippen LogP contribution < -0.4 is 10.6 Å². The number of hydrogen-bond donors (Lipinski definition) is 3. The number of carbonyl (C=O) groups excluding carboxylic acids is 1. The first-order chi connectivity index (χ1) is 10.5. The van der Waals surface area contributed by atoms with Gasteiger partial charge in [-0.3, -0.25) is 0 Å². The normalized spacial score (nSPS) is 10.9. The summed E-state index contributed by atoms with van der Waals surface area (Å²) in [4.78, 5) is 11.9.